The molecule has 0 aliphatic carbocycles. The molecule has 0 spiro atoms. The van der Waals surface area contributed by atoms with Crippen LogP contribution in [0.2, 0.25) is 0 Å². The van der Waals surface area contributed by atoms with E-state index in [9.17, 15) is 9.50 Å². The largest absolute Gasteiger partial charge is 0.393 e. The molecule has 2 fully saturated rings. The fourth-order valence-corrected chi connectivity index (χ4v) is 2.26. The van der Waals surface area contributed by atoms with Crippen molar-refractivity contribution in [2.45, 2.75) is 31.5 Å². The van der Waals surface area contributed by atoms with Crippen LogP contribution < -0.4 is 0 Å². The van der Waals surface area contributed by atoms with Crippen LogP contribution in [0, 0.1) is 0 Å². The van der Waals surface area contributed by atoms with Crippen molar-refractivity contribution in [2.24, 2.45) is 0 Å². The topological polar surface area (TPSA) is 26.7 Å². The molecule has 2 rings (SSSR count). The number of aliphatic hydroxyl groups is 1. The number of alkyl halides is 1. The van der Waals surface area contributed by atoms with Gasteiger partial charge >= 0.3 is 0 Å². The second-order valence-electron chi connectivity index (χ2n) is 4.45. The van der Waals surface area contributed by atoms with E-state index in [-0.39, 0.29) is 6.10 Å². The molecule has 1 atom stereocenters. The first kappa shape index (κ1) is 10.3. The monoisotopic (exact) mass is 202 g/mol. The number of aliphatic hydroxyl groups excluding tert-OH is 1. The van der Waals surface area contributed by atoms with Gasteiger partial charge in [-0.25, -0.2) is 4.39 Å². The second kappa shape index (κ2) is 4.55. The fraction of sp³-hybridized carbons (Fsp3) is 1.00. The Morgan fingerprint density at radius 2 is 1.71 bits per heavy atom. The Kier molecular flexibility index (Phi) is 3.36. The molecule has 0 amide bonds. The van der Waals surface area contributed by atoms with Gasteiger partial charge in [0.1, 0.15) is 6.17 Å². The third-order valence-electron chi connectivity index (χ3n) is 3.17. The van der Waals surface area contributed by atoms with Crippen molar-refractivity contribution in [1.29, 1.82) is 0 Å². The van der Waals surface area contributed by atoms with E-state index in [4.69, 9.17) is 0 Å². The van der Waals surface area contributed by atoms with Gasteiger partial charge in [0.05, 0.1) is 12.8 Å². The first-order valence-corrected chi connectivity index (χ1v) is 5.51. The molecule has 1 N–H and O–H groups in total. The van der Waals surface area contributed by atoms with Gasteiger partial charge in [-0.1, -0.05) is 0 Å². The number of piperidine rings is 1. The molecule has 0 aromatic carbocycles. The highest BCUT2D eigenvalue weighted by Crippen LogP contribution is 2.15. The molecule has 0 unspecified atom stereocenters. The SMILES string of the molecule is OC1CCN(CN2CC[C@H](F)C2)CC1. The minimum atomic E-state index is -0.620. The van der Waals surface area contributed by atoms with Crippen molar-refractivity contribution < 1.29 is 9.50 Å². The molecular formula is C10H19FN2O. The molecule has 0 bridgehead atoms. The molecule has 3 nitrogen and oxygen atoms in total. The van der Waals surface area contributed by atoms with Crippen LogP contribution in [0.15, 0.2) is 0 Å². The van der Waals surface area contributed by atoms with E-state index < -0.39 is 6.17 Å². The third-order valence-corrected chi connectivity index (χ3v) is 3.17. The molecule has 2 aliphatic rings. The van der Waals surface area contributed by atoms with Gasteiger partial charge in [0.15, 0.2) is 0 Å². The molecule has 82 valence electrons. The quantitative estimate of drug-likeness (QED) is 0.704. The van der Waals surface area contributed by atoms with Gasteiger partial charge in [-0.3, -0.25) is 9.80 Å². The molecule has 2 heterocycles. The van der Waals surface area contributed by atoms with E-state index in [2.05, 4.69) is 9.80 Å². The molecule has 4 heteroatoms. The summed E-state index contributed by atoms with van der Waals surface area (Å²) in [6.45, 7) is 4.27. The number of hydrogen-bond donors (Lipinski definition) is 1. The maximum Gasteiger partial charge on any atom is 0.114 e. The Bertz CT molecular complexity index is 183. The highest BCUT2D eigenvalue weighted by atomic mass is 19.1. The van der Waals surface area contributed by atoms with Crippen LogP contribution in [0.25, 0.3) is 0 Å². The summed E-state index contributed by atoms with van der Waals surface area (Å²) in [6, 6.07) is 0. The number of hydrogen-bond acceptors (Lipinski definition) is 3. The number of halogens is 1. The van der Waals surface area contributed by atoms with Crippen LogP contribution in [0.4, 0.5) is 4.39 Å². The van der Waals surface area contributed by atoms with Gasteiger partial charge < -0.3 is 5.11 Å². The predicted molar refractivity (Wildman–Crippen MR) is 52.8 cm³/mol. The van der Waals surface area contributed by atoms with Crippen molar-refractivity contribution in [3.63, 3.8) is 0 Å². The number of likely N-dealkylation sites (tertiary alicyclic amines) is 2. The molecule has 0 aromatic heterocycles. The van der Waals surface area contributed by atoms with Crippen LogP contribution in [0.1, 0.15) is 19.3 Å². The van der Waals surface area contributed by atoms with E-state index in [1.165, 1.54) is 0 Å². The average molecular weight is 202 g/mol. The lowest BCUT2D eigenvalue weighted by Crippen LogP contribution is -2.42. The lowest BCUT2D eigenvalue weighted by Gasteiger charge is -2.32. The predicted octanol–water partition coefficient (Wildman–Crippen LogP) is 0.444. The Morgan fingerprint density at radius 1 is 1.07 bits per heavy atom. The van der Waals surface area contributed by atoms with Crippen molar-refractivity contribution in [3.8, 4) is 0 Å². The first-order valence-electron chi connectivity index (χ1n) is 5.51. The van der Waals surface area contributed by atoms with Crippen molar-refractivity contribution in [3.05, 3.63) is 0 Å². The maximum atomic E-state index is 12.9. The van der Waals surface area contributed by atoms with Gasteiger partial charge in [0.2, 0.25) is 0 Å². The summed E-state index contributed by atoms with van der Waals surface area (Å²) in [5, 5.41) is 9.33. The summed E-state index contributed by atoms with van der Waals surface area (Å²) < 4.78 is 12.9. The van der Waals surface area contributed by atoms with E-state index >= 15 is 0 Å². The van der Waals surface area contributed by atoms with Crippen molar-refractivity contribution in [1.82, 2.24) is 9.80 Å². The summed E-state index contributed by atoms with van der Waals surface area (Å²) in [5.74, 6) is 0. The van der Waals surface area contributed by atoms with Gasteiger partial charge in [-0.2, -0.15) is 0 Å². The molecule has 0 radical (unpaired) electrons. The molecule has 2 saturated heterocycles. The Morgan fingerprint density at radius 3 is 2.29 bits per heavy atom. The van der Waals surface area contributed by atoms with Crippen LogP contribution in [0.3, 0.4) is 0 Å². The van der Waals surface area contributed by atoms with Gasteiger partial charge in [0.25, 0.3) is 0 Å². The molecule has 0 saturated carbocycles. The zero-order valence-electron chi connectivity index (χ0n) is 8.53. The third kappa shape index (κ3) is 2.65. The molecular weight excluding hydrogens is 183 g/mol. The van der Waals surface area contributed by atoms with E-state index in [0.717, 1.165) is 39.1 Å². The van der Waals surface area contributed by atoms with Gasteiger partial charge in [-0.05, 0) is 19.3 Å². The summed E-state index contributed by atoms with van der Waals surface area (Å²) in [4.78, 5) is 4.48. The normalized spacial score (nSPS) is 32.6. The summed E-state index contributed by atoms with van der Waals surface area (Å²) in [7, 11) is 0. The average Bonchev–Trinajstić information content (AvgIpc) is 2.56. The summed E-state index contributed by atoms with van der Waals surface area (Å²) >= 11 is 0. The molecule has 0 aromatic rings. The van der Waals surface area contributed by atoms with Crippen molar-refractivity contribution >= 4 is 0 Å². The lowest BCUT2D eigenvalue weighted by atomic mass is 10.1. The Labute approximate surface area is 84.5 Å². The first-order chi connectivity index (χ1) is 6.74. The van der Waals surface area contributed by atoms with Gasteiger partial charge in [-0.15, -0.1) is 0 Å². The minimum absolute atomic E-state index is 0.112. The smallest absolute Gasteiger partial charge is 0.114 e. The summed E-state index contributed by atoms with van der Waals surface area (Å²) in [5.41, 5.74) is 0. The number of nitrogens with zero attached hydrogens (tertiary/aromatic N) is 2. The number of rotatable bonds is 2. The van der Waals surface area contributed by atoms with Crippen molar-refractivity contribution in [2.75, 3.05) is 32.8 Å². The highest BCUT2D eigenvalue weighted by Gasteiger charge is 2.24. The highest BCUT2D eigenvalue weighted by molar-refractivity contribution is 4.77. The minimum Gasteiger partial charge on any atom is -0.393 e. The van der Waals surface area contributed by atoms with Gasteiger partial charge in [0, 0.05) is 26.2 Å². The van der Waals surface area contributed by atoms with Crippen LogP contribution in [-0.2, 0) is 0 Å². The van der Waals surface area contributed by atoms with E-state index in [1.54, 1.807) is 0 Å². The zero-order chi connectivity index (χ0) is 9.97. The fourth-order valence-electron chi connectivity index (χ4n) is 2.26. The Hall–Kier alpha value is -0.190. The second-order valence-corrected chi connectivity index (χ2v) is 4.45. The van der Waals surface area contributed by atoms with E-state index in [1.807, 2.05) is 0 Å². The lowest BCUT2D eigenvalue weighted by molar-refractivity contribution is 0.0537. The summed E-state index contributed by atoms with van der Waals surface area (Å²) in [6.07, 6.45) is 1.69. The zero-order valence-corrected chi connectivity index (χ0v) is 8.53. The Balaban J connectivity index is 1.70. The van der Waals surface area contributed by atoms with E-state index in [0.29, 0.717) is 13.0 Å². The molecule has 2 aliphatic heterocycles. The standard InChI is InChI=1S/C10H19FN2O/c11-9-1-4-13(7-9)8-12-5-2-10(14)3-6-12/h9-10,14H,1-8H2/t9-/m0/s1. The maximum absolute atomic E-state index is 12.9. The van der Waals surface area contributed by atoms with Crippen LogP contribution in [-0.4, -0.2) is 60.0 Å². The van der Waals surface area contributed by atoms with Crippen LogP contribution >= 0.6 is 0 Å². The van der Waals surface area contributed by atoms with Crippen LogP contribution in [0.5, 0.6) is 0 Å². The molecule has 14 heavy (non-hydrogen) atoms.